The second-order valence-corrected chi connectivity index (χ2v) is 11.7. The molecule has 0 aliphatic heterocycles. The van der Waals surface area contributed by atoms with Crippen LogP contribution in [0.4, 0.5) is 14.3 Å². The van der Waals surface area contributed by atoms with E-state index in [2.05, 4.69) is 15.0 Å². The summed E-state index contributed by atoms with van der Waals surface area (Å²) >= 11 is -2.97. The van der Waals surface area contributed by atoms with Crippen LogP contribution in [0.25, 0.3) is 26.8 Å². The second kappa shape index (κ2) is 12.4. The first-order valence-electron chi connectivity index (χ1n) is 12.0. The van der Waals surface area contributed by atoms with Crippen molar-refractivity contribution in [3.63, 3.8) is 0 Å². The van der Waals surface area contributed by atoms with Crippen molar-refractivity contribution in [1.29, 1.82) is 0 Å². The number of halogens is 2. The summed E-state index contributed by atoms with van der Waals surface area (Å²) in [6.07, 6.45) is 3.01. The lowest BCUT2D eigenvalue weighted by Crippen LogP contribution is -2.19. The van der Waals surface area contributed by atoms with Crippen molar-refractivity contribution in [2.75, 3.05) is 19.6 Å². The zero-order valence-corrected chi connectivity index (χ0v) is 24.8. The molecule has 0 aliphatic rings. The fourth-order valence-corrected chi connectivity index (χ4v) is 7.22. The number of aliphatic imine (C=N–C) groups is 1. The Hall–Kier alpha value is -3.02. The minimum atomic E-state index is -2.92. The van der Waals surface area contributed by atoms with Gasteiger partial charge in [-0.2, -0.15) is 0 Å². The van der Waals surface area contributed by atoms with Crippen molar-refractivity contribution in [2.45, 2.75) is 39.5 Å². The van der Waals surface area contributed by atoms with Gasteiger partial charge in [0.25, 0.3) is 0 Å². The first-order valence-corrected chi connectivity index (χ1v) is 15.1. The Morgan fingerprint density at radius 3 is 2.23 bits per heavy atom. The van der Waals surface area contributed by atoms with E-state index in [0.717, 1.165) is 15.3 Å². The normalized spacial score (nSPS) is 14.9. The van der Waals surface area contributed by atoms with Gasteiger partial charge in [0.2, 0.25) is 0 Å². The Labute approximate surface area is 233 Å². The van der Waals surface area contributed by atoms with Gasteiger partial charge in [-0.05, 0) is 96.5 Å². The van der Waals surface area contributed by atoms with E-state index in [9.17, 15) is 23.3 Å². The molecule has 7 nitrogen and oxygen atoms in total. The Balaban J connectivity index is 2.71. The molecule has 0 aliphatic carbocycles. The van der Waals surface area contributed by atoms with Crippen LogP contribution in [0, 0.1) is 13.8 Å². The van der Waals surface area contributed by atoms with Gasteiger partial charge >= 0.3 is 7.40 Å². The molecule has 0 saturated carbocycles. The average molecular weight is 570 g/mol. The largest absolute Gasteiger partial charge is 0.677 e. The van der Waals surface area contributed by atoms with Crippen LogP contribution < -0.4 is 0 Å². The molecule has 1 aromatic heterocycles. The van der Waals surface area contributed by atoms with E-state index in [0.29, 0.717) is 49.0 Å². The van der Waals surface area contributed by atoms with Crippen LogP contribution in [-0.4, -0.2) is 46.3 Å². The van der Waals surface area contributed by atoms with E-state index in [-0.39, 0.29) is 11.4 Å². The van der Waals surface area contributed by atoms with Crippen LogP contribution >= 0.6 is 0 Å². The van der Waals surface area contributed by atoms with Gasteiger partial charge in [-0.1, -0.05) is 29.4 Å². The van der Waals surface area contributed by atoms with Gasteiger partial charge in [0.05, 0.1) is 11.4 Å². The van der Waals surface area contributed by atoms with E-state index in [1.54, 1.807) is 53.1 Å². The van der Waals surface area contributed by atoms with Crippen molar-refractivity contribution in [3.8, 4) is 0 Å². The number of hydrogen-bond donors (Lipinski definition) is 0. The monoisotopic (exact) mass is 569 g/mol. The summed E-state index contributed by atoms with van der Waals surface area (Å²) in [4.78, 5) is 7.99. The molecule has 1 heterocycles. The van der Waals surface area contributed by atoms with Crippen LogP contribution in [-0.2, 0) is 22.4 Å². The molecule has 0 saturated heterocycles. The maximum absolute atomic E-state index is 14.8. The fraction of sp³-hybridized carbons (Fsp3) is 0.296. The first kappa shape index (κ1) is 30.5. The molecule has 3 aromatic rings. The molecule has 2 atom stereocenters. The lowest BCUT2D eigenvalue weighted by atomic mass is 9.87. The van der Waals surface area contributed by atoms with E-state index in [1.165, 1.54) is 13.2 Å². The van der Waals surface area contributed by atoms with Crippen molar-refractivity contribution in [3.05, 3.63) is 85.4 Å². The molecular weight excluding hydrogens is 539 g/mol. The number of nitrogens with zero attached hydrogens (tertiary/aromatic N) is 5. The smallest absolute Gasteiger partial charge is 0.612 e. The lowest BCUT2D eigenvalue weighted by Gasteiger charge is -2.21. The number of azide groups is 1. The Kier molecular flexibility index (Phi) is 9.74. The van der Waals surface area contributed by atoms with Crippen molar-refractivity contribution >= 4 is 57.5 Å². The quantitative estimate of drug-likeness (QED) is 0.0540. The summed E-state index contributed by atoms with van der Waals surface area (Å²) < 4.78 is 56.0. The zero-order valence-electron chi connectivity index (χ0n) is 23.2. The number of allylic oxidation sites excluding steroid dienone is 3. The van der Waals surface area contributed by atoms with Gasteiger partial charge in [0.15, 0.2) is 9.80 Å². The molecule has 39 heavy (non-hydrogen) atoms. The Morgan fingerprint density at radius 2 is 1.69 bits per heavy atom. The van der Waals surface area contributed by atoms with Crippen LogP contribution in [0.3, 0.4) is 0 Å². The Bertz CT molecular complexity index is 1570. The predicted octanol–water partition coefficient (Wildman–Crippen LogP) is 7.27. The van der Waals surface area contributed by atoms with Gasteiger partial charge in [-0.15, -0.1) is 0 Å². The summed E-state index contributed by atoms with van der Waals surface area (Å²) in [7, 11) is -1.32. The third-order valence-electron chi connectivity index (χ3n) is 6.85. The fourth-order valence-electron chi connectivity index (χ4n) is 5.08. The summed E-state index contributed by atoms with van der Waals surface area (Å²) in [6.45, 7) is 8.54. The highest BCUT2D eigenvalue weighted by molar-refractivity contribution is 7.95. The van der Waals surface area contributed by atoms with Crippen molar-refractivity contribution in [2.24, 2.45) is 10.1 Å². The highest BCUT2D eigenvalue weighted by atomic mass is 32.2. The molecule has 0 fully saturated rings. The molecule has 2 aromatic carbocycles. The van der Waals surface area contributed by atoms with Gasteiger partial charge in [-0.3, -0.25) is 13.6 Å². The lowest BCUT2D eigenvalue weighted by molar-refractivity contribution is 0.598. The molecule has 0 spiro atoms. The number of fused-ring (bicyclic) bond motifs is 1. The first-order chi connectivity index (χ1) is 18.4. The van der Waals surface area contributed by atoms with Gasteiger partial charge in [0, 0.05) is 40.1 Å². The molecule has 3 rings (SSSR count). The third-order valence-corrected chi connectivity index (χ3v) is 9.20. The van der Waals surface area contributed by atoms with Gasteiger partial charge in [0.1, 0.15) is 12.5 Å². The number of rotatable bonds is 8. The molecular formula is C27H30BF2N5O2S2. The van der Waals surface area contributed by atoms with Crippen molar-refractivity contribution in [1.82, 2.24) is 4.48 Å². The SMILES string of the molecule is C/N=C(C)/C(=C(C)\C(C)=C(/c1cc(N=[N+]=[N-])cc2ccccc12)c1c(C)c([S+](C)[O-])c(C)n1B(F)F)[S+](C)[O-]. The summed E-state index contributed by atoms with van der Waals surface area (Å²) in [6, 6.07) is 10.8. The van der Waals surface area contributed by atoms with Gasteiger partial charge in [-0.25, -0.2) is 0 Å². The molecule has 0 N–H and O–H groups in total. The number of aromatic nitrogens is 1. The van der Waals surface area contributed by atoms with E-state index >= 15 is 0 Å². The predicted molar refractivity (Wildman–Crippen MR) is 160 cm³/mol. The number of benzene rings is 2. The van der Waals surface area contributed by atoms with Crippen LogP contribution in [0.15, 0.2) is 67.5 Å². The average Bonchev–Trinajstić information content (AvgIpc) is 3.13. The van der Waals surface area contributed by atoms with Crippen molar-refractivity contribution < 1.29 is 17.7 Å². The molecule has 0 bridgehead atoms. The minimum Gasteiger partial charge on any atom is -0.612 e. The topological polar surface area (TPSA) is 112 Å². The summed E-state index contributed by atoms with van der Waals surface area (Å²) in [5.41, 5.74) is 13.1. The molecule has 2 unspecified atom stereocenters. The minimum absolute atomic E-state index is 0.195. The highest BCUT2D eigenvalue weighted by Crippen LogP contribution is 2.42. The molecule has 12 heteroatoms. The van der Waals surface area contributed by atoms with Crippen LogP contribution in [0.1, 0.15) is 43.3 Å². The Morgan fingerprint density at radius 1 is 1.05 bits per heavy atom. The van der Waals surface area contributed by atoms with E-state index in [1.807, 2.05) is 24.3 Å². The molecule has 204 valence electrons. The standard InChI is InChI=1S/C27H30BF2N5O2S2/c1-15(16(2)26(38(7)36)18(4)32-6)24(25-17(3)27(39(8)37)19(5)35(25)28(29)30)23-14-21(33-34-31)13-20-11-9-10-12-22(20)23/h9-14H,1-8H3/b24-15+,26-16+,32-18+. The summed E-state index contributed by atoms with van der Waals surface area (Å²) in [5.74, 6) is 0. The molecule has 0 radical (unpaired) electrons. The maximum Gasteiger partial charge on any atom is 0.677 e. The van der Waals surface area contributed by atoms with Crippen LogP contribution in [0.2, 0.25) is 0 Å². The third kappa shape index (κ3) is 5.80. The van der Waals surface area contributed by atoms with Crippen LogP contribution in [0.5, 0.6) is 0 Å². The van der Waals surface area contributed by atoms with E-state index < -0.39 is 29.8 Å². The maximum atomic E-state index is 14.8. The van der Waals surface area contributed by atoms with E-state index in [4.69, 9.17) is 0 Å². The zero-order chi connectivity index (χ0) is 29.2. The second-order valence-electron chi connectivity index (χ2n) is 9.11. The number of hydrogen-bond acceptors (Lipinski definition) is 4. The molecule has 0 amide bonds. The summed E-state index contributed by atoms with van der Waals surface area (Å²) in [5, 5.41) is 5.30. The highest BCUT2D eigenvalue weighted by Gasteiger charge is 2.35. The van der Waals surface area contributed by atoms with Gasteiger partial charge < -0.3 is 13.6 Å².